The number of alkyl halides is 6. The number of nitrogens with zero attached hydrogens (tertiary/aromatic N) is 6. The van der Waals surface area contributed by atoms with Crippen molar-refractivity contribution in [2.45, 2.75) is 52.6 Å². The van der Waals surface area contributed by atoms with Gasteiger partial charge in [-0.3, -0.25) is 0 Å². The van der Waals surface area contributed by atoms with Gasteiger partial charge in [0.2, 0.25) is 0 Å². The van der Waals surface area contributed by atoms with Crippen molar-refractivity contribution in [3.63, 3.8) is 0 Å². The summed E-state index contributed by atoms with van der Waals surface area (Å²) in [6, 6.07) is 10.5. The molecule has 0 aliphatic rings. The number of nitriles is 6. The van der Waals surface area contributed by atoms with E-state index in [-0.39, 0.29) is 17.1 Å². The number of hydrogen-bond acceptors (Lipinski definition) is 12. The van der Waals surface area contributed by atoms with E-state index >= 15 is 0 Å². The normalized spacial score (nSPS) is 7.77. The van der Waals surface area contributed by atoms with Gasteiger partial charge in [-0.2, -0.15) is 57.9 Å². The molecule has 0 atom stereocenters. The average molecular weight is 600 g/mol. The Balaban J connectivity index is -0.0000000332. The van der Waals surface area contributed by atoms with Crippen molar-refractivity contribution in [1.82, 2.24) is 0 Å². The Labute approximate surface area is 210 Å². The SMILES string of the molecule is CC#N.CC#N.CC#N.CC#N.CC#N.CC#N.O=S(=O)([O-])C(F)(F)F.O=S(=O)([O-])C(F)(F)F.[Fe+2]. The summed E-state index contributed by atoms with van der Waals surface area (Å²) in [6.45, 7) is 8.58. The molecule has 0 rings (SSSR count). The van der Waals surface area contributed by atoms with E-state index in [1.54, 1.807) is 36.4 Å². The fourth-order valence-corrected chi connectivity index (χ4v) is 0. The standard InChI is InChI=1S/6C2H3N.2CHF3O3S.Fe/c6*1-2-3;2*2-1(3,4)8(5,6)7;/h6*1H3;2*(H,5,6,7);/q;;;;;;;;+2/p-2. The molecule has 0 heterocycles. The van der Waals surface area contributed by atoms with Crippen LogP contribution in [0.25, 0.3) is 0 Å². The van der Waals surface area contributed by atoms with Gasteiger partial charge in [0.1, 0.15) is 0 Å². The van der Waals surface area contributed by atoms with Gasteiger partial charge >= 0.3 is 28.1 Å². The van der Waals surface area contributed by atoms with Crippen molar-refractivity contribution in [2.24, 2.45) is 0 Å². The van der Waals surface area contributed by atoms with Crippen molar-refractivity contribution in [1.29, 1.82) is 31.6 Å². The fourth-order valence-electron chi connectivity index (χ4n) is 0. The summed E-state index contributed by atoms with van der Waals surface area (Å²) in [5.74, 6) is 0. The van der Waals surface area contributed by atoms with Crippen LogP contribution < -0.4 is 0 Å². The summed E-state index contributed by atoms with van der Waals surface area (Å²) in [4.78, 5) is 0. The summed E-state index contributed by atoms with van der Waals surface area (Å²) < 4.78 is 118. The number of halogens is 6. The van der Waals surface area contributed by atoms with Crippen molar-refractivity contribution in [3.05, 3.63) is 0 Å². The molecule has 12 nitrogen and oxygen atoms in total. The summed E-state index contributed by atoms with van der Waals surface area (Å²) in [5, 5.41) is 43.9. The molecule has 0 N–H and O–H groups in total. The summed E-state index contributed by atoms with van der Waals surface area (Å²) in [5.41, 5.74) is -11.3. The van der Waals surface area contributed by atoms with Crippen molar-refractivity contribution < 1.29 is 69.4 Å². The Bertz CT molecular complexity index is 795. The molecule has 0 bridgehead atoms. The molecule has 35 heavy (non-hydrogen) atoms. The topological polar surface area (TPSA) is 257 Å². The van der Waals surface area contributed by atoms with Crippen LogP contribution in [-0.2, 0) is 37.3 Å². The largest absolute Gasteiger partial charge is 2.00 e. The predicted octanol–water partition coefficient (Wildman–Crippen LogP) is 3.28. The maximum Gasteiger partial charge on any atom is 2.00 e. The average Bonchev–Trinajstić information content (AvgIpc) is 2.56. The number of hydrogen-bond donors (Lipinski definition) is 0. The second-order valence-corrected chi connectivity index (χ2v) is 5.88. The monoisotopic (exact) mass is 600 g/mol. The van der Waals surface area contributed by atoms with Crippen LogP contribution in [0.15, 0.2) is 0 Å². The smallest absolute Gasteiger partial charge is 0.741 e. The van der Waals surface area contributed by atoms with E-state index in [1.807, 2.05) is 0 Å². The summed E-state index contributed by atoms with van der Waals surface area (Å²) in [7, 11) is -12.2. The van der Waals surface area contributed by atoms with Crippen LogP contribution >= 0.6 is 0 Å². The van der Waals surface area contributed by atoms with Crippen molar-refractivity contribution >= 4 is 20.2 Å². The molecule has 21 heteroatoms. The minimum Gasteiger partial charge on any atom is -0.741 e. The molecule has 0 aliphatic carbocycles. The predicted molar refractivity (Wildman–Crippen MR) is 99.2 cm³/mol. The molecule has 0 aliphatic heterocycles. The Kier molecular flexibility index (Phi) is 63.3. The van der Waals surface area contributed by atoms with Crippen LogP contribution in [0.1, 0.15) is 41.5 Å². The molecule has 0 radical (unpaired) electrons. The molecule has 0 saturated carbocycles. The van der Waals surface area contributed by atoms with Crippen LogP contribution in [0.2, 0.25) is 0 Å². The van der Waals surface area contributed by atoms with E-state index in [2.05, 4.69) is 0 Å². The number of rotatable bonds is 0. The molecule has 0 aromatic rings. The second kappa shape index (κ2) is 38.1. The maximum absolute atomic E-state index is 10.7. The van der Waals surface area contributed by atoms with E-state index in [1.165, 1.54) is 41.5 Å². The van der Waals surface area contributed by atoms with Crippen LogP contribution in [0.3, 0.4) is 0 Å². The second-order valence-electron chi connectivity index (χ2n) is 3.14. The van der Waals surface area contributed by atoms with Crippen LogP contribution in [-0.4, -0.2) is 37.0 Å². The molecule has 0 saturated heterocycles. The Hall–Kier alpha value is -3.14. The quantitative estimate of drug-likeness (QED) is 0.168. The first-order valence-electron chi connectivity index (χ1n) is 6.88. The molecule has 0 aromatic heterocycles. The summed E-state index contributed by atoms with van der Waals surface area (Å²) >= 11 is 0. The summed E-state index contributed by atoms with van der Waals surface area (Å²) in [6.07, 6.45) is 0. The fraction of sp³-hybridized carbons (Fsp3) is 0.571. The van der Waals surface area contributed by atoms with Crippen LogP contribution in [0.5, 0.6) is 0 Å². The molecule has 0 unspecified atom stereocenters. The van der Waals surface area contributed by atoms with Gasteiger partial charge in [-0.15, -0.1) is 0 Å². The zero-order valence-electron chi connectivity index (χ0n) is 18.6. The van der Waals surface area contributed by atoms with Gasteiger partial charge in [0.15, 0.2) is 20.2 Å². The molecular formula is C14H18F6FeN6O6S2. The van der Waals surface area contributed by atoms with Gasteiger partial charge in [-0.1, -0.05) is 0 Å². The van der Waals surface area contributed by atoms with Gasteiger partial charge in [0, 0.05) is 41.5 Å². The zero-order chi connectivity index (χ0) is 30.2. The van der Waals surface area contributed by atoms with Gasteiger partial charge in [0.05, 0.1) is 36.4 Å². The first kappa shape index (κ1) is 58.1. The Morgan fingerprint density at radius 2 is 0.514 bits per heavy atom. The van der Waals surface area contributed by atoms with E-state index in [4.69, 9.17) is 57.5 Å². The molecule has 202 valence electrons. The first-order chi connectivity index (χ1) is 15.0. The third kappa shape index (κ3) is 116. The minimum atomic E-state index is -6.09. The third-order valence-corrected chi connectivity index (χ3v) is 1.70. The van der Waals surface area contributed by atoms with Crippen LogP contribution in [0, 0.1) is 68.0 Å². The van der Waals surface area contributed by atoms with E-state index < -0.39 is 31.3 Å². The molecule has 0 fully saturated rings. The van der Waals surface area contributed by atoms with Crippen molar-refractivity contribution in [3.8, 4) is 36.4 Å². The Morgan fingerprint density at radius 3 is 0.514 bits per heavy atom. The molecule has 0 spiro atoms. The molecule has 0 aromatic carbocycles. The third-order valence-electron chi connectivity index (χ3n) is 0.567. The van der Waals surface area contributed by atoms with E-state index in [0.29, 0.717) is 0 Å². The molecule has 0 amide bonds. The van der Waals surface area contributed by atoms with Gasteiger partial charge in [0.25, 0.3) is 0 Å². The van der Waals surface area contributed by atoms with Crippen molar-refractivity contribution in [2.75, 3.05) is 0 Å². The first-order valence-corrected chi connectivity index (χ1v) is 9.70. The minimum absolute atomic E-state index is 0. The Morgan fingerprint density at radius 1 is 0.486 bits per heavy atom. The zero-order valence-corrected chi connectivity index (χ0v) is 21.3. The van der Waals surface area contributed by atoms with Gasteiger partial charge in [-0.25, -0.2) is 16.8 Å². The molecular weight excluding hydrogens is 582 g/mol. The van der Waals surface area contributed by atoms with Crippen LogP contribution in [0.4, 0.5) is 26.3 Å². The van der Waals surface area contributed by atoms with Gasteiger partial charge in [-0.05, 0) is 0 Å². The van der Waals surface area contributed by atoms with E-state index in [9.17, 15) is 26.3 Å². The maximum atomic E-state index is 10.7. The van der Waals surface area contributed by atoms with E-state index in [0.717, 1.165) is 0 Å². The van der Waals surface area contributed by atoms with Gasteiger partial charge < -0.3 is 9.11 Å².